The molecule has 3 rings (SSSR count). The molecule has 0 bridgehead atoms. The number of carbonyl (C=O) groups is 1. The number of carbonyl (C=O) groups excluding carboxylic acids is 1. The highest BCUT2D eigenvalue weighted by atomic mass is 32.2. The van der Waals surface area contributed by atoms with Gasteiger partial charge in [0, 0.05) is 11.4 Å². The predicted octanol–water partition coefficient (Wildman–Crippen LogP) is 4.46. The van der Waals surface area contributed by atoms with E-state index in [0.717, 1.165) is 35.6 Å². The predicted molar refractivity (Wildman–Crippen MR) is 113 cm³/mol. The molecule has 1 amide bonds. The highest BCUT2D eigenvalue weighted by Crippen LogP contribution is 2.37. The molecular formula is C18H21N5OS3. The molecule has 1 atom stereocenters. The molecule has 0 radical (unpaired) electrons. The van der Waals surface area contributed by atoms with Crippen molar-refractivity contribution in [3.63, 3.8) is 0 Å². The quantitative estimate of drug-likeness (QED) is 0.391. The fourth-order valence-corrected chi connectivity index (χ4v) is 6.00. The van der Waals surface area contributed by atoms with Crippen LogP contribution < -0.4 is 10.6 Å². The lowest BCUT2D eigenvalue weighted by atomic mass is 10.1. The summed E-state index contributed by atoms with van der Waals surface area (Å²) in [6, 6.07) is 2.30. The van der Waals surface area contributed by atoms with Crippen molar-refractivity contribution >= 4 is 50.5 Å². The number of fused-ring (bicyclic) bond motifs is 1. The standard InChI is InChI=1S/C18H21N5OS3/c1-3-9-20-17-22-23-18(27-17)25-11(2)15(24)21-16-13(10-19)12-7-5-4-6-8-14(12)26-16/h3,11H,1,4-9H2,2H3,(H,20,22)(H,21,24)/t11-/m1/s1. The summed E-state index contributed by atoms with van der Waals surface area (Å²) < 4.78 is 0.728. The summed E-state index contributed by atoms with van der Waals surface area (Å²) in [4.78, 5) is 13.9. The molecule has 1 aliphatic carbocycles. The average molecular weight is 420 g/mol. The van der Waals surface area contributed by atoms with Gasteiger partial charge in [-0.2, -0.15) is 5.26 Å². The number of aryl methyl sites for hydroxylation is 1. The van der Waals surface area contributed by atoms with Crippen molar-refractivity contribution in [2.24, 2.45) is 0 Å². The number of nitrogens with zero attached hydrogens (tertiary/aromatic N) is 3. The monoisotopic (exact) mass is 419 g/mol. The Morgan fingerprint density at radius 3 is 2.96 bits per heavy atom. The molecule has 0 aromatic carbocycles. The molecular weight excluding hydrogens is 398 g/mol. The third-order valence-electron chi connectivity index (χ3n) is 4.22. The van der Waals surface area contributed by atoms with Gasteiger partial charge >= 0.3 is 0 Å². The molecule has 27 heavy (non-hydrogen) atoms. The lowest BCUT2D eigenvalue weighted by molar-refractivity contribution is -0.115. The van der Waals surface area contributed by atoms with Gasteiger partial charge in [-0.1, -0.05) is 35.6 Å². The molecule has 0 saturated heterocycles. The van der Waals surface area contributed by atoms with Crippen molar-refractivity contribution in [1.29, 1.82) is 5.26 Å². The minimum Gasteiger partial charge on any atom is -0.357 e. The number of nitrogens with one attached hydrogen (secondary N) is 2. The molecule has 1 aliphatic rings. The Morgan fingerprint density at radius 1 is 1.37 bits per heavy atom. The van der Waals surface area contributed by atoms with Crippen LogP contribution in [0.25, 0.3) is 0 Å². The Hall–Kier alpha value is -1.89. The molecule has 0 unspecified atom stereocenters. The SMILES string of the molecule is C=CCNc1nnc(S[C@H](C)C(=O)Nc2sc3c(c2C#N)CCCCC3)s1. The van der Waals surface area contributed by atoms with Crippen LogP contribution >= 0.6 is 34.4 Å². The molecule has 6 nitrogen and oxygen atoms in total. The van der Waals surface area contributed by atoms with Gasteiger partial charge in [0.25, 0.3) is 0 Å². The van der Waals surface area contributed by atoms with E-state index in [0.29, 0.717) is 22.2 Å². The lowest BCUT2D eigenvalue weighted by Gasteiger charge is -2.09. The van der Waals surface area contributed by atoms with Crippen LogP contribution in [0, 0.1) is 11.3 Å². The Labute approximate surface area is 171 Å². The van der Waals surface area contributed by atoms with Gasteiger partial charge in [0.05, 0.1) is 10.8 Å². The van der Waals surface area contributed by atoms with Gasteiger partial charge in [0.1, 0.15) is 11.1 Å². The van der Waals surface area contributed by atoms with Crippen molar-refractivity contribution in [3.8, 4) is 6.07 Å². The Morgan fingerprint density at radius 2 is 2.19 bits per heavy atom. The second kappa shape index (κ2) is 9.35. The Bertz CT molecular complexity index is 867. The number of anilines is 2. The Balaban J connectivity index is 1.65. The number of aromatic nitrogens is 2. The summed E-state index contributed by atoms with van der Waals surface area (Å²) in [5.41, 5.74) is 1.78. The summed E-state index contributed by atoms with van der Waals surface area (Å²) in [7, 11) is 0. The van der Waals surface area contributed by atoms with Crippen molar-refractivity contribution in [2.75, 3.05) is 17.2 Å². The highest BCUT2D eigenvalue weighted by Gasteiger charge is 2.23. The molecule has 2 aromatic rings. The maximum atomic E-state index is 12.6. The highest BCUT2D eigenvalue weighted by molar-refractivity contribution is 8.02. The number of hydrogen-bond donors (Lipinski definition) is 2. The topological polar surface area (TPSA) is 90.7 Å². The van der Waals surface area contributed by atoms with Crippen LogP contribution in [-0.2, 0) is 17.6 Å². The molecule has 142 valence electrons. The lowest BCUT2D eigenvalue weighted by Crippen LogP contribution is -2.22. The van der Waals surface area contributed by atoms with Gasteiger partial charge < -0.3 is 10.6 Å². The number of thiophene rings is 1. The second-order valence-electron chi connectivity index (χ2n) is 6.17. The Kier molecular flexibility index (Phi) is 6.88. The molecule has 0 spiro atoms. The minimum absolute atomic E-state index is 0.122. The first-order chi connectivity index (χ1) is 13.1. The maximum absolute atomic E-state index is 12.6. The van der Waals surface area contributed by atoms with Crippen molar-refractivity contribution in [3.05, 3.63) is 28.7 Å². The zero-order chi connectivity index (χ0) is 19.2. The molecule has 0 saturated carbocycles. The zero-order valence-electron chi connectivity index (χ0n) is 15.1. The number of amides is 1. The van der Waals surface area contributed by atoms with Gasteiger partial charge in [-0.25, -0.2) is 0 Å². The smallest absolute Gasteiger partial charge is 0.238 e. The van der Waals surface area contributed by atoms with E-state index in [2.05, 4.69) is 33.5 Å². The van der Waals surface area contributed by atoms with E-state index < -0.39 is 0 Å². The number of nitriles is 1. The van der Waals surface area contributed by atoms with Crippen LogP contribution in [0.1, 0.15) is 42.2 Å². The first-order valence-electron chi connectivity index (χ1n) is 8.82. The fraction of sp³-hybridized carbons (Fsp3) is 0.444. The van der Waals surface area contributed by atoms with Crippen molar-refractivity contribution in [1.82, 2.24) is 10.2 Å². The van der Waals surface area contributed by atoms with Crippen LogP contribution in [0.3, 0.4) is 0 Å². The average Bonchev–Trinajstić information content (AvgIpc) is 3.16. The number of hydrogen-bond acceptors (Lipinski definition) is 8. The van der Waals surface area contributed by atoms with Crippen LogP contribution in [-0.4, -0.2) is 27.9 Å². The van der Waals surface area contributed by atoms with Crippen molar-refractivity contribution in [2.45, 2.75) is 48.6 Å². The summed E-state index contributed by atoms with van der Waals surface area (Å²) in [5, 5.41) is 24.8. The van der Waals surface area contributed by atoms with Gasteiger partial charge in [0.15, 0.2) is 4.34 Å². The van der Waals surface area contributed by atoms with Crippen LogP contribution in [0.4, 0.5) is 10.1 Å². The fourth-order valence-electron chi connectivity index (χ4n) is 2.86. The van der Waals surface area contributed by atoms with Gasteiger partial charge in [0.2, 0.25) is 11.0 Å². The summed E-state index contributed by atoms with van der Waals surface area (Å²) in [6.45, 7) is 6.11. The van der Waals surface area contributed by atoms with E-state index in [1.54, 1.807) is 17.4 Å². The van der Waals surface area contributed by atoms with Crippen LogP contribution in [0.15, 0.2) is 17.0 Å². The van der Waals surface area contributed by atoms with Crippen LogP contribution in [0.2, 0.25) is 0 Å². The third-order valence-corrected chi connectivity index (χ3v) is 7.49. The maximum Gasteiger partial charge on any atom is 0.238 e. The normalized spacial score (nSPS) is 14.5. The zero-order valence-corrected chi connectivity index (χ0v) is 17.5. The van der Waals surface area contributed by atoms with Gasteiger partial charge in [-0.15, -0.1) is 28.1 Å². The first kappa shape index (κ1) is 19.9. The molecule has 0 fully saturated rings. The van der Waals surface area contributed by atoms with Crippen molar-refractivity contribution < 1.29 is 4.79 Å². The summed E-state index contributed by atoms with van der Waals surface area (Å²) in [5.74, 6) is -0.122. The van der Waals surface area contributed by atoms with Crippen LogP contribution in [0.5, 0.6) is 0 Å². The van der Waals surface area contributed by atoms with E-state index in [-0.39, 0.29) is 11.2 Å². The van der Waals surface area contributed by atoms with Gasteiger partial charge in [-0.3, -0.25) is 4.79 Å². The number of thioether (sulfide) groups is 1. The molecule has 2 N–H and O–H groups in total. The molecule has 9 heteroatoms. The number of rotatable bonds is 7. The van der Waals surface area contributed by atoms with E-state index >= 15 is 0 Å². The third kappa shape index (κ3) is 4.89. The van der Waals surface area contributed by atoms with E-state index in [9.17, 15) is 10.1 Å². The molecule has 2 heterocycles. The first-order valence-corrected chi connectivity index (χ1v) is 11.3. The van der Waals surface area contributed by atoms with E-state index in [1.165, 1.54) is 34.4 Å². The van der Waals surface area contributed by atoms with E-state index in [1.807, 2.05) is 6.92 Å². The van der Waals surface area contributed by atoms with Gasteiger partial charge in [-0.05, 0) is 38.2 Å². The molecule has 0 aliphatic heterocycles. The summed E-state index contributed by atoms with van der Waals surface area (Å²) in [6.07, 6.45) is 7.14. The minimum atomic E-state index is -0.335. The second-order valence-corrected chi connectivity index (χ2v) is 9.84. The largest absolute Gasteiger partial charge is 0.357 e. The summed E-state index contributed by atoms with van der Waals surface area (Å²) >= 11 is 4.33. The molecule has 2 aromatic heterocycles. The van der Waals surface area contributed by atoms with E-state index in [4.69, 9.17) is 0 Å².